The van der Waals surface area contributed by atoms with E-state index in [1.807, 2.05) is 53.0 Å². The van der Waals surface area contributed by atoms with Crippen molar-refractivity contribution in [2.24, 2.45) is 0 Å². The van der Waals surface area contributed by atoms with E-state index >= 15 is 0 Å². The van der Waals surface area contributed by atoms with Crippen LogP contribution in [-0.2, 0) is 9.59 Å². The van der Waals surface area contributed by atoms with E-state index in [9.17, 15) is 14.4 Å². The Labute approximate surface area is 255 Å². The predicted molar refractivity (Wildman–Crippen MR) is 169 cm³/mol. The molecule has 3 N–H and O–H groups in total. The lowest BCUT2D eigenvalue weighted by atomic mass is 9.85. The highest BCUT2D eigenvalue weighted by Gasteiger charge is 2.45. The van der Waals surface area contributed by atoms with Crippen LogP contribution in [-0.4, -0.2) is 68.2 Å². The van der Waals surface area contributed by atoms with Gasteiger partial charge in [0.2, 0.25) is 0 Å². The zero-order valence-corrected chi connectivity index (χ0v) is 24.7. The fraction of sp³-hybridized carbons (Fsp3) is 0.324. The molecule has 1 atom stereocenters. The summed E-state index contributed by atoms with van der Waals surface area (Å²) in [5.74, 6) is -0.539. The summed E-state index contributed by atoms with van der Waals surface area (Å²) >= 11 is 0. The van der Waals surface area contributed by atoms with Crippen molar-refractivity contribution in [3.63, 3.8) is 0 Å². The summed E-state index contributed by atoms with van der Waals surface area (Å²) in [4.78, 5) is 44.8. The lowest BCUT2D eigenvalue weighted by Gasteiger charge is -2.29. The Balaban J connectivity index is 1.26. The molecule has 2 aromatic heterocycles. The van der Waals surface area contributed by atoms with Crippen molar-refractivity contribution >= 4 is 40.4 Å². The normalized spacial score (nSPS) is 19.4. The van der Waals surface area contributed by atoms with Gasteiger partial charge in [0.05, 0.1) is 11.2 Å². The van der Waals surface area contributed by atoms with Gasteiger partial charge in [0.1, 0.15) is 5.54 Å². The summed E-state index contributed by atoms with van der Waals surface area (Å²) in [6.07, 6.45) is 10.6. The van der Waals surface area contributed by atoms with E-state index < -0.39 is 11.5 Å². The molecular formula is C34H36N6O4. The highest BCUT2D eigenvalue weighted by Crippen LogP contribution is 2.38. The van der Waals surface area contributed by atoms with E-state index in [0.29, 0.717) is 42.2 Å². The second-order valence-corrected chi connectivity index (χ2v) is 11.8. The highest BCUT2D eigenvalue weighted by atomic mass is 16.4. The zero-order chi connectivity index (χ0) is 30.7. The van der Waals surface area contributed by atoms with E-state index in [4.69, 9.17) is 10.2 Å². The number of amides is 2. The number of hydrogen-bond donors (Lipinski definition) is 3. The summed E-state index contributed by atoms with van der Waals surface area (Å²) in [6, 6.07) is 18.3. The van der Waals surface area contributed by atoms with Gasteiger partial charge in [0.15, 0.2) is 5.82 Å². The Morgan fingerprint density at radius 2 is 1.82 bits per heavy atom. The maximum absolute atomic E-state index is 13.7. The molecule has 1 saturated carbocycles. The number of nitrogens with zero attached hydrogens (tertiary/aromatic N) is 4. The van der Waals surface area contributed by atoms with Crippen molar-refractivity contribution < 1.29 is 19.5 Å². The third-order valence-electron chi connectivity index (χ3n) is 8.66. The molecule has 4 aromatic rings. The van der Waals surface area contributed by atoms with Gasteiger partial charge in [-0.2, -0.15) is 5.10 Å². The van der Waals surface area contributed by atoms with Crippen LogP contribution in [0, 0.1) is 0 Å². The molecule has 10 nitrogen and oxygen atoms in total. The molecule has 0 spiro atoms. The second kappa shape index (κ2) is 12.4. The SMILES string of the molecule is CN1CC[C@@](NC(=O)c2ccc3c(C4CCCCC4)n(-c4ccccn4)nc3c2)(C(=O)Nc2ccc(/C=C/C(=O)O)cc2)C1. The average Bonchev–Trinajstić information content (AvgIpc) is 3.62. The molecule has 0 unspecified atom stereocenters. The van der Waals surface area contributed by atoms with Gasteiger partial charge in [-0.1, -0.05) is 43.5 Å². The lowest BCUT2D eigenvalue weighted by Crippen LogP contribution is -2.58. The molecule has 2 aliphatic rings. The first kappa shape index (κ1) is 29.3. The van der Waals surface area contributed by atoms with E-state index in [2.05, 4.69) is 15.6 Å². The molecule has 1 aliphatic carbocycles. The van der Waals surface area contributed by atoms with Crippen LogP contribution in [0.5, 0.6) is 0 Å². The first-order valence-corrected chi connectivity index (χ1v) is 15.1. The van der Waals surface area contributed by atoms with Crippen LogP contribution in [0.1, 0.15) is 66.1 Å². The van der Waals surface area contributed by atoms with Crippen molar-refractivity contribution in [3.05, 3.63) is 89.8 Å². The molecule has 3 heterocycles. The Bertz CT molecular complexity index is 1710. The largest absolute Gasteiger partial charge is 0.478 e. The number of carboxylic acid groups (broad SMARTS) is 1. The molecule has 0 radical (unpaired) electrons. The number of hydrogen-bond acceptors (Lipinski definition) is 6. The van der Waals surface area contributed by atoms with Crippen LogP contribution in [0.3, 0.4) is 0 Å². The number of anilines is 1. The number of carbonyl (C=O) groups is 3. The summed E-state index contributed by atoms with van der Waals surface area (Å²) < 4.78 is 1.94. The third kappa shape index (κ3) is 6.12. The molecule has 2 aromatic carbocycles. The molecule has 2 fully saturated rings. The second-order valence-electron chi connectivity index (χ2n) is 11.8. The first-order chi connectivity index (χ1) is 21.3. The zero-order valence-electron chi connectivity index (χ0n) is 24.7. The van der Waals surface area contributed by atoms with Gasteiger partial charge in [0.25, 0.3) is 11.8 Å². The molecule has 6 rings (SSSR count). The smallest absolute Gasteiger partial charge is 0.328 e. The van der Waals surface area contributed by atoms with Crippen LogP contribution >= 0.6 is 0 Å². The minimum absolute atomic E-state index is 0.302. The number of likely N-dealkylation sites (tertiary alicyclic amines) is 1. The van der Waals surface area contributed by atoms with Gasteiger partial charge >= 0.3 is 5.97 Å². The van der Waals surface area contributed by atoms with E-state index in [0.717, 1.165) is 41.3 Å². The van der Waals surface area contributed by atoms with Crippen LogP contribution in [0.15, 0.2) is 72.9 Å². The molecule has 44 heavy (non-hydrogen) atoms. The number of nitrogens with one attached hydrogen (secondary N) is 2. The van der Waals surface area contributed by atoms with Crippen LogP contribution in [0.25, 0.3) is 22.8 Å². The molecule has 10 heteroatoms. The number of likely N-dealkylation sites (N-methyl/N-ethyl adjacent to an activating group) is 1. The molecular weight excluding hydrogens is 556 g/mol. The number of carboxylic acids is 1. The standard InChI is InChI=1S/C34H36N6O4/c1-39-20-18-34(22-39,33(44)36-26-14-10-23(11-15-26)12-17-30(41)42)37-32(43)25-13-16-27-28(21-25)38-40(29-9-5-6-19-35-29)31(27)24-7-3-2-4-8-24/h5-6,9-17,19,21,24H,2-4,7-8,18,20,22H2,1H3,(H,36,44)(H,37,43)(H,41,42)/b17-12+/t34-/m0/s1. The fourth-order valence-corrected chi connectivity index (χ4v) is 6.40. The monoisotopic (exact) mass is 592 g/mol. The van der Waals surface area contributed by atoms with Gasteiger partial charge in [-0.15, -0.1) is 0 Å². The molecule has 0 bridgehead atoms. The van der Waals surface area contributed by atoms with Crippen molar-refractivity contribution in [1.29, 1.82) is 0 Å². The summed E-state index contributed by atoms with van der Waals surface area (Å²) in [5, 5.41) is 20.8. The Morgan fingerprint density at radius 3 is 2.50 bits per heavy atom. The lowest BCUT2D eigenvalue weighted by molar-refractivity contribution is -0.131. The number of benzene rings is 2. The number of pyridine rings is 1. The maximum Gasteiger partial charge on any atom is 0.328 e. The molecule has 2 amide bonds. The minimum Gasteiger partial charge on any atom is -0.478 e. The van der Waals surface area contributed by atoms with E-state index in [1.165, 1.54) is 25.3 Å². The van der Waals surface area contributed by atoms with Gasteiger partial charge in [-0.3, -0.25) is 9.59 Å². The quantitative estimate of drug-likeness (QED) is 0.245. The first-order valence-electron chi connectivity index (χ1n) is 15.1. The average molecular weight is 593 g/mol. The number of rotatable bonds is 8. The number of carbonyl (C=O) groups excluding carboxylic acids is 2. The van der Waals surface area contributed by atoms with Crippen molar-refractivity contribution in [2.75, 3.05) is 25.5 Å². The predicted octanol–water partition coefficient (Wildman–Crippen LogP) is 5.01. The minimum atomic E-state index is -1.12. The third-order valence-corrected chi connectivity index (χ3v) is 8.66. The van der Waals surface area contributed by atoms with Crippen molar-refractivity contribution in [2.45, 2.75) is 50.0 Å². The van der Waals surface area contributed by atoms with Gasteiger partial charge in [-0.05, 0) is 74.3 Å². The van der Waals surface area contributed by atoms with Crippen LogP contribution < -0.4 is 10.6 Å². The number of aliphatic carboxylic acids is 1. The van der Waals surface area contributed by atoms with Crippen LogP contribution in [0.4, 0.5) is 5.69 Å². The fourth-order valence-electron chi connectivity index (χ4n) is 6.40. The number of aromatic nitrogens is 3. The van der Waals surface area contributed by atoms with Gasteiger partial charge in [0, 0.05) is 47.9 Å². The summed E-state index contributed by atoms with van der Waals surface area (Å²) in [7, 11) is 1.92. The summed E-state index contributed by atoms with van der Waals surface area (Å²) in [6.45, 7) is 1.03. The Hall–Kier alpha value is -4.83. The van der Waals surface area contributed by atoms with Crippen molar-refractivity contribution in [1.82, 2.24) is 25.0 Å². The summed E-state index contributed by atoms with van der Waals surface area (Å²) in [5.41, 5.74) is 2.44. The molecule has 226 valence electrons. The Morgan fingerprint density at radius 1 is 1.02 bits per heavy atom. The van der Waals surface area contributed by atoms with Gasteiger partial charge in [-0.25, -0.2) is 14.5 Å². The van der Waals surface area contributed by atoms with E-state index in [-0.39, 0.29) is 11.8 Å². The van der Waals surface area contributed by atoms with Gasteiger partial charge < -0.3 is 20.6 Å². The van der Waals surface area contributed by atoms with E-state index in [1.54, 1.807) is 30.5 Å². The molecule has 1 aliphatic heterocycles. The highest BCUT2D eigenvalue weighted by molar-refractivity contribution is 6.05. The maximum atomic E-state index is 13.7. The molecule has 1 saturated heterocycles. The van der Waals surface area contributed by atoms with Crippen LogP contribution in [0.2, 0.25) is 0 Å². The Kier molecular flexibility index (Phi) is 8.25. The topological polar surface area (TPSA) is 129 Å². The number of fused-ring (bicyclic) bond motifs is 1. The van der Waals surface area contributed by atoms with Crippen molar-refractivity contribution in [3.8, 4) is 5.82 Å².